The standard InChI is InChI=1S/C9H16N2O/c1-3-4-5-8-11(2)9(12)6-7-10/h3-6,8H2,1-2H3. The van der Waals surface area contributed by atoms with Gasteiger partial charge in [-0.25, -0.2) is 0 Å². The van der Waals surface area contributed by atoms with Crippen molar-refractivity contribution < 1.29 is 4.79 Å². The second-order valence-electron chi connectivity index (χ2n) is 2.86. The molecule has 0 spiro atoms. The predicted octanol–water partition coefficient (Wildman–Crippen LogP) is 1.55. The Hall–Kier alpha value is -1.04. The molecule has 0 aliphatic heterocycles. The van der Waals surface area contributed by atoms with Crippen LogP contribution in [0.25, 0.3) is 0 Å². The van der Waals surface area contributed by atoms with Crippen molar-refractivity contribution in [2.45, 2.75) is 32.6 Å². The van der Waals surface area contributed by atoms with Crippen LogP contribution in [0.3, 0.4) is 0 Å². The van der Waals surface area contributed by atoms with E-state index in [9.17, 15) is 4.79 Å². The summed E-state index contributed by atoms with van der Waals surface area (Å²) in [7, 11) is 1.75. The van der Waals surface area contributed by atoms with Crippen LogP contribution < -0.4 is 0 Å². The molecule has 0 aromatic rings. The average molecular weight is 168 g/mol. The fraction of sp³-hybridized carbons (Fsp3) is 0.778. The zero-order valence-electron chi connectivity index (χ0n) is 7.84. The molecule has 0 atom stereocenters. The van der Waals surface area contributed by atoms with Crippen LogP contribution in [-0.2, 0) is 4.79 Å². The second-order valence-corrected chi connectivity index (χ2v) is 2.86. The molecule has 0 unspecified atom stereocenters. The first-order valence-electron chi connectivity index (χ1n) is 4.33. The summed E-state index contributed by atoms with van der Waals surface area (Å²) in [5.74, 6) is -0.0754. The molecule has 68 valence electrons. The quantitative estimate of drug-likeness (QED) is 0.584. The first kappa shape index (κ1) is 11.0. The van der Waals surface area contributed by atoms with Gasteiger partial charge in [0.25, 0.3) is 0 Å². The van der Waals surface area contributed by atoms with Gasteiger partial charge in [-0.05, 0) is 6.42 Å². The van der Waals surface area contributed by atoms with Gasteiger partial charge in [0, 0.05) is 13.6 Å². The minimum absolute atomic E-state index is 0.00260. The Balaban J connectivity index is 3.51. The SMILES string of the molecule is CCCCCN(C)C(=O)CC#N. The van der Waals surface area contributed by atoms with Crippen molar-refractivity contribution >= 4 is 5.91 Å². The van der Waals surface area contributed by atoms with Crippen LogP contribution in [0.1, 0.15) is 32.6 Å². The molecule has 3 nitrogen and oxygen atoms in total. The van der Waals surface area contributed by atoms with Gasteiger partial charge in [0.1, 0.15) is 6.42 Å². The maximum atomic E-state index is 11.0. The lowest BCUT2D eigenvalue weighted by Crippen LogP contribution is -2.26. The third-order valence-corrected chi connectivity index (χ3v) is 1.75. The van der Waals surface area contributed by atoms with Gasteiger partial charge < -0.3 is 4.90 Å². The number of nitriles is 1. The first-order chi connectivity index (χ1) is 5.72. The van der Waals surface area contributed by atoms with Crippen LogP contribution in [0.4, 0.5) is 0 Å². The minimum atomic E-state index is -0.0754. The zero-order valence-corrected chi connectivity index (χ0v) is 7.84. The minimum Gasteiger partial charge on any atom is -0.345 e. The van der Waals surface area contributed by atoms with E-state index in [4.69, 9.17) is 5.26 Å². The van der Waals surface area contributed by atoms with E-state index in [0.717, 1.165) is 25.8 Å². The maximum absolute atomic E-state index is 11.0. The van der Waals surface area contributed by atoms with Gasteiger partial charge >= 0.3 is 0 Å². The van der Waals surface area contributed by atoms with Gasteiger partial charge in [0.05, 0.1) is 6.07 Å². The molecule has 0 rings (SSSR count). The highest BCUT2D eigenvalue weighted by Gasteiger charge is 2.05. The zero-order chi connectivity index (χ0) is 9.40. The van der Waals surface area contributed by atoms with Crippen LogP contribution in [-0.4, -0.2) is 24.4 Å². The summed E-state index contributed by atoms with van der Waals surface area (Å²) in [5.41, 5.74) is 0. The van der Waals surface area contributed by atoms with Crippen molar-refractivity contribution in [3.63, 3.8) is 0 Å². The third kappa shape index (κ3) is 4.73. The van der Waals surface area contributed by atoms with Crippen molar-refractivity contribution in [2.24, 2.45) is 0 Å². The molecule has 0 fully saturated rings. The van der Waals surface area contributed by atoms with Gasteiger partial charge in [0.15, 0.2) is 0 Å². The van der Waals surface area contributed by atoms with E-state index >= 15 is 0 Å². The summed E-state index contributed by atoms with van der Waals surface area (Å²) in [6, 6.07) is 1.85. The number of hydrogen-bond donors (Lipinski definition) is 0. The van der Waals surface area contributed by atoms with E-state index in [-0.39, 0.29) is 12.3 Å². The van der Waals surface area contributed by atoms with Crippen molar-refractivity contribution in [2.75, 3.05) is 13.6 Å². The van der Waals surface area contributed by atoms with Gasteiger partial charge in [-0.1, -0.05) is 19.8 Å². The molecule has 0 radical (unpaired) electrons. The lowest BCUT2D eigenvalue weighted by molar-refractivity contribution is -0.128. The molecule has 0 aromatic heterocycles. The van der Waals surface area contributed by atoms with E-state index in [1.54, 1.807) is 11.9 Å². The lowest BCUT2D eigenvalue weighted by Gasteiger charge is -2.14. The summed E-state index contributed by atoms with van der Waals surface area (Å²) >= 11 is 0. The topological polar surface area (TPSA) is 44.1 Å². The fourth-order valence-corrected chi connectivity index (χ4v) is 0.926. The summed E-state index contributed by atoms with van der Waals surface area (Å²) in [6.07, 6.45) is 3.33. The predicted molar refractivity (Wildman–Crippen MR) is 47.4 cm³/mol. The van der Waals surface area contributed by atoms with Gasteiger partial charge in [-0.2, -0.15) is 5.26 Å². The number of unbranched alkanes of at least 4 members (excludes halogenated alkanes) is 2. The highest BCUT2D eigenvalue weighted by Crippen LogP contribution is 1.97. The van der Waals surface area contributed by atoms with Gasteiger partial charge in [-0.3, -0.25) is 4.79 Å². The Morgan fingerprint density at radius 3 is 2.67 bits per heavy atom. The molecule has 3 heteroatoms. The Morgan fingerprint density at radius 2 is 2.17 bits per heavy atom. The molecule has 0 saturated heterocycles. The number of nitrogens with zero attached hydrogens (tertiary/aromatic N) is 2. The van der Waals surface area contributed by atoms with Crippen molar-refractivity contribution in [1.82, 2.24) is 4.90 Å². The number of rotatable bonds is 5. The second kappa shape index (κ2) is 6.66. The van der Waals surface area contributed by atoms with Crippen LogP contribution in [0.5, 0.6) is 0 Å². The summed E-state index contributed by atoms with van der Waals surface area (Å²) in [5, 5.41) is 8.26. The van der Waals surface area contributed by atoms with Crippen LogP contribution in [0.15, 0.2) is 0 Å². The molecule has 0 aromatic carbocycles. The molecule has 0 aliphatic rings. The summed E-state index contributed by atoms with van der Waals surface area (Å²) in [4.78, 5) is 12.7. The highest BCUT2D eigenvalue weighted by atomic mass is 16.2. The number of carbonyl (C=O) groups excluding carboxylic acids is 1. The van der Waals surface area contributed by atoms with Crippen LogP contribution in [0, 0.1) is 11.3 Å². The fourth-order valence-electron chi connectivity index (χ4n) is 0.926. The maximum Gasteiger partial charge on any atom is 0.236 e. The Labute approximate surface area is 74.0 Å². The molecule has 0 heterocycles. The average Bonchev–Trinajstić information content (AvgIpc) is 2.05. The van der Waals surface area contributed by atoms with Gasteiger partial charge in [0.2, 0.25) is 5.91 Å². The van der Waals surface area contributed by atoms with Crippen molar-refractivity contribution in [3.8, 4) is 6.07 Å². The molecular formula is C9H16N2O. The third-order valence-electron chi connectivity index (χ3n) is 1.75. The largest absolute Gasteiger partial charge is 0.345 e. The molecule has 12 heavy (non-hydrogen) atoms. The molecule has 0 N–H and O–H groups in total. The smallest absolute Gasteiger partial charge is 0.236 e. The van der Waals surface area contributed by atoms with E-state index < -0.39 is 0 Å². The first-order valence-corrected chi connectivity index (χ1v) is 4.33. The molecule has 0 bridgehead atoms. The summed E-state index contributed by atoms with van der Waals surface area (Å²) in [6.45, 7) is 2.89. The lowest BCUT2D eigenvalue weighted by atomic mass is 10.2. The number of carbonyl (C=O) groups is 1. The molecular weight excluding hydrogens is 152 g/mol. The summed E-state index contributed by atoms with van der Waals surface area (Å²) < 4.78 is 0. The Bertz CT molecular complexity index is 172. The van der Waals surface area contributed by atoms with Crippen molar-refractivity contribution in [3.05, 3.63) is 0 Å². The molecule has 0 aliphatic carbocycles. The molecule has 1 amide bonds. The molecule has 0 saturated carbocycles. The Morgan fingerprint density at radius 1 is 1.50 bits per heavy atom. The highest BCUT2D eigenvalue weighted by molar-refractivity contribution is 5.77. The van der Waals surface area contributed by atoms with Crippen molar-refractivity contribution in [1.29, 1.82) is 5.26 Å². The van der Waals surface area contributed by atoms with Crippen LogP contribution >= 0.6 is 0 Å². The van der Waals surface area contributed by atoms with E-state index in [0.29, 0.717) is 0 Å². The normalized spacial score (nSPS) is 9.08. The Kier molecular flexibility index (Phi) is 6.08. The number of hydrogen-bond acceptors (Lipinski definition) is 2. The van der Waals surface area contributed by atoms with E-state index in [1.165, 1.54) is 0 Å². The van der Waals surface area contributed by atoms with E-state index in [2.05, 4.69) is 6.92 Å². The number of amides is 1. The van der Waals surface area contributed by atoms with Gasteiger partial charge in [-0.15, -0.1) is 0 Å². The van der Waals surface area contributed by atoms with E-state index in [1.807, 2.05) is 6.07 Å². The van der Waals surface area contributed by atoms with Crippen LogP contribution in [0.2, 0.25) is 0 Å². The monoisotopic (exact) mass is 168 g/mol.